The summed E-state index contributed by atoms with van der Waals surface area (Å²) in [7, 11) is 0. The van der Waals surface area contributed by atoms with Crippen LogP contribution in [0.1, 0.15) is 35.7 Å². The van der Waals surface area contributed by atoms with Gasteiger partial charge in [0, 0.05) is 24.7 Å². The van der Waals surface area contributed by atoms with E-state index in [0.717, 1.165) is 16.5 Å². The molecular weight excluding hydrogens is 395 g/mol. The zero-order valence-electron chi connectivity index (χ0n) is 17.5. The fourth-order valence-corrected chi connectivity index (χ4v) is 4.34. The number of carbonyl (C=O) groups is 2. The molecule has 1 amide bonds. The molecule has 0 spiro atoms. The molecule has 1 aromatic heterocycles. The molecule has 2 heterocycles. The summed E-state index contributed by atoms with van der Waals surface area (Å²) in [4.78, 5) is 32.4. The predicted octanol–water partition coefficient (Wildman–Crippen LogP) is 4.40. The Morgan fingerprint density at radius 1 is 1.16 bits per heavy atom. The van der Waals surface area contributed by atoms with Crippen LogP contribution in [0.3, 0.4) is 0 Å². The molecule has 0 radical (unpaired) electrons. The first kappa shape index (κ1) is 21.0. The Kier molecular flexibility index (Phi) is 5.98. The van der Waals surface area contributed by atoms with Crippen LogP contribution in [0.4, 0.5) is 4.39 Å². The molecule has 0 saturated carbocycles. The summed E-state index contributed by atoms with van der Waals surface area (Å²) in [6.07, 6.45) is 3.28. The highest BCUT2D eigenvalue weighted by atomic mass is 19.1. The number of likely N-dealkylation sites (tertiary alicyclic amines) is 1. The fourth-order valence-electron chi connectivity index (χ4n) is 4.34. The number of piperidine rings is 1. The third-order valence-corrected chi connectivity index (χ3v) is 5.87. The highest BCUT2D eigenvalue weighted by molar-refractivity contribution is 5.97. The molecule has 160 valence electrons. The van der Waals surface area contributed by atoms with Gasteiger partial charge < -0.3 is 9.64 Å². The smallest absolute Gasteiger partial charge is 0.314 e. The lowest BCUT2D eigenvalue weighted by Gasteiger charge is -2.41. The van der Waals surface area contributed by atoms with Crippen LogP contribution in [0, 0.1) is 11.2 Å². The normalized spacial score (nSPS) is 18.7. The highest BCUT2D eigenvalue weighted by Gasteiger charge is 2.45. The summed E-state index contributed by atoms with van der Waals surface area (Å²) in [6.45, 7) is 2.87. The number of pyridine rings is 1. The van der Waals surface area contributed by atoms with Gasteiger partial charge in [0.05, 0.1) is 23.1 Å². The minimum Gasteiger partial charge on any atom is -0.466 e. The van der Waals surface area contributed by atoms with Gasteiger partial charge in [-0.3, -0.25) is 14.6 Å². The molecule has 2 aromatic carbocycles. The molecule has 6 heteroatoms. The van der Waals surface area contributed by atoms with Gasteiger partial charge in [-0.15, -0.1) is 0 Å². The molecule has 3 aromatic rings. The second-order valence-corrected chi connectivity index (χ2v) is 8.05. The van der Waals surface area contributed by atoms with E-state index in [1.165, 1.54) is 12.1 Å². The van der Waals surface area contributed by atoms with E-state index in [4.69, 9.17) is 4.74 Å². The molecule has 1 fully saturated rings. The number of benzene rings is 2. The monoisotopic (exact) mass is 420 g/mol. The van der Waals surface area contributed by atoms with Gasteiger partial charge >= 0.3 is 5.97 Å². The van der Waals surface area contributed by atoms with Crippen molar-refractivity contribution >= 4 is 22.8 Å². The standard InChI is InChI=1S/C25H25FN2O3/c1-2-31-24(30)25(15-18-8-10-21(26)11-9-18)12-5-13-28(17-25)23(29)20-14-19-6-3-4-7-22(19)27-16-20/h3-4,6-11,14,16H,2,5,12-13,15,17H2,1H3/t25-/m0/s1. The van der Waals surface area contributed by atoms with Crippen LogP contribution >= 0.6 is 0 Å². The summed E-state index contributed by atoms with van der Waals surface area (Å²) >= 11 is 0. The maximum Gasteiger partial charge on any atom is 0.314 e. The van der Waals surface area contributed by atoms with Crippen molar-refractivity contribution in [1.82, 2.24) is 9.88 Å². The highest BCUT2D eigenvalue weighted by Crippen LogP contribution is 2.36. The third kappa shape index (κ3) is 4.43. The third-order valence-electron chi connectivity index (χ3n) is 5.87. The number of carbonyl (C=O) groups excluding carboxylic acids is 2. The molecule has 1 aliphatic rings. The summed E-state index contributed by atoms with van der Waals surface area (Å²) < 4.78 is 18.8. The average Bonchev–Trinajstić information content (AvgIpc) is 2.80. The predicted molar refractivity (Wildman–Crippen MR) is 116 cm³/mol. The van der Waals surface area contributed by atoms with Gasteiger partial charge in [0.15, 0.2) is 0 Å². The van der Waals surface area contributed by atoms with Crippen molar-refractivity contribution in [1.29, 1.82) is 0 Å². The Hall–Kier alpha value is -3.28. The number of hydrogen-bond acceptors (Lipinski definition) is 4. The maximum atomic E-state index is 13.4. The molecule has 0 aliphatic carbocycles. The molecule has 0 bridgehead atoms. The Balaban J connectivity index is 1.61. The molecule has 0 unspecified atom stereocenters. The van der Waals surface area contributed by atoms with E-state index in [2.05, 4.69) is 4.98 Å². The van der Waals surface area contributed by atoms with Crippen LogP contribution < -0.4 is 0 Å². The second-order valence-electron chi connectivity index (χ2n) is 8.05. The van der Waals surface area contributed by atoms with Crippen molar-refractivity contribution in [3.8, 4) is 0 Å². The van der Waals surface area contributed by atoms with Gasteiger partial charge in [-0.2, -0.15) is 0 Å². The SMILES string of the molecule is CCOC(=O)[C@]1(Cc2ccc(F)cc2)CCCN(C(=O)c2cnc3ccccc3c2)C1. The zero-order chi connectivity index (χ0) is 21.8. The van der Waals surface area contributed by atoms with Crippen molar-refractivity contribution in [2.24, 2.45) is 5.41 Å². The van der Waals surface area contributed by atoms with Crippen LogP contribution in [0.5, 0.6) is 0 Å². The van der Waals surface area contributed by atoms with Crippen LogP contribution in [0.25, 0.3) is 10.9 Å². The van der Waals surface area contributed by atoms with Crippen molar-refractivity contribution in [2.75, 3.05) is 19.7 Å². The summed E-state index contributed by atoms with van der Waals surface area (Å²) in [5.74, 6) is -0.780. The number of hydrogen-bond donors (Lipinski definition) is 0. The molecule has 1 aliphatic heterocycles. The van der Waals surface area contributed by atoms with Gasteiger partial charge in [0.1, 0.15) is 5.82 Å². The second kappa shape index (κ2) is 8.84. The van der Waals surface area contributed by atoms with Crippen molar-refractivity contribution in [3.63, 3.8) is 0 Å². The van der Waals surface area contributed by atoms with E-state index >= 15 is 0 Å². The van der Waals surface area contributed by atoms with Gasteiger partial charge in [-0.1, -0.05) is 30.3 Å². The first-order chi connectivity index (χ1) is 15.0. The van der Waals surface area contributed by atoms with Crippen LogP contribution in [-0.4, -0.2) is 41.5 Å². The number of nitrogens with zero attached hydrogens (tertiary/aromatic N) is 2. The topological polar surface area (TPSA) is 59.5 Å². The molecular formula is C25H25FN2O3. The van der Waals surface area contributed by atoms with Gasteiger partial charge in [0.25, 0.3) is 5.91 Å². The van der Waals surface area contributed by atoms with Crippen LogP contribution in [0.2, 0.25) is 0 Å². The summed E-state index contributed by atoms with van der Waals surface area (Å²) in [5.41, 5.74) is 1.32. The number of fused-ring (bicyclic) bond motifs is 1. The van der Waals surface area contributed by atoms with Gasteiger partial charge in [-0.05, 0) is 56.0 Å². The number of amides is 1. The van der Waals surface area contributed by atoms with Gasteiger partial charge in [0.2, 0.25) is 0 Å². The quantitative estimate of drug-likeness (QED) is 0.574. The number of rotatable bonds is 5. The number of ether oxygens (including phenoxy) is 1. The fraction of sp³-hybridized carbons (Fsp3) is 0.320. The Morgan fingerprint density at radius 3 is 2.71 bits per heavy atom. The lowest BCUT2D eigenvalue weighted by atomic mass is 9.75. The first-order valence-corrected chi connectivity index (χ1v) is 10.6. The molecule has 4 rings (SSSR count). The lowest BCUT2D eigenvalue weighted by Crippen LogP contribution is -2.51. The average molecular weight is 420 g/mol. The van der Waals surface area contributed by atoms with E-state index in [0.29, 0.717) is 31.4 Å². The zero-order valence-corrected chi connectivity index (χ0v) is 17.5. The van der Waals surface area contributed by atoms with E-state index in [9.17, 15) is 14.0 Å². The van der Waals surface area contributed by atoms with Crippen molar-refractivity contribution in [2.45, 2.75) is 26.2 Å². The molecule has 0 N–H and O–H groups in total. The minimum atomic E-state index is -0.855. The van der Waals surface area contributed by atoms with Gasteiger partial charge in [-0.25, -0.2) is 4.39 Å². The van der Waals surface area contributed by atoms with E-state index in [-0.39, 0.29) is 30.8 Å². The van der Waals surface area contributed by atoms with E-state index in [1.54, 1.807) is 30.2 Å². The van der Waals surface area contributed by atoms with Crippen molar-refractivity contribution < 1.29 is 18.7 Å². The van der Waals surface area contributed by atoms with Crippen LogP contribution in [-0.2, 0) is 16.0 Å². The number of para-hydroxylation sites is 1. The molecule has 1 saturated heterocycles. The Morgan fingerprint density at radius 2 is 1.94 bits per heavy atom. The van der Waals surface area contributed by atoms with Crippen LogP contribution in [0.15, 0.2) is 60.8 Å². The molecule has 31 heavy (non-hydrogen) atoms. The minimum absolute atomic E-state index is 0.147. The molecule has 1 atom stereocenters. The Bertz CT molecular complexity index is 1100. The van der Waals surface area contributed by atoms with Crippen molar-refractivity contribution in [3.05, 3.63) is 77.7 Å². The number of aromatic nitrogens is 1. The number of halogens is 1. The molecule has 5 nitrogen and oxygen atoms in total. The largest absolute Gasteiger partial charge is 0.466 e. The van der Waals surface area contributed by atoms with E-state index < -0.39 is 5.41 Å². The number of esters is 1. The summed E-state index contributed by atoms with van der Waals surface area (Å²) in [5, 5.41) is 0.897. The first-order valence-electron chi connectivity index (χ1n) is 10.6. The Labute approximate surface area is 180 Å². The maximum absolute atomic E-state index is 13.4. The van der Waals surface area contributed by atoms with E-state index in [1.807, 2.05) is 30.3 Å². The summed E-state index contributed by atoms with van der Waals surface area (Å²) in [6, 6.07) is 15.6. The lowest BCUT2D eigenvalue weighted by molar-refractivity contribution is -0.158.